The lowest BCUT2D eigenvalue weighted by Crippen LogP contribution is -2.16. The van der Waals surface area contributed by atoms with Crippen molar-refractivity contribution < 1.29 is 14.1 Å². The molecule has 0 unspecified atom stereocenters. The summed E-state index contributed by atoms with van der Waals surface area (Å²) in [4.78, 5) is 28.7. The minimum absolute atomic E-state index is 0.249. The third kappa shape index (κ3) is 4.13. The third-order valence-corrected chi connectivity index (χ3v) is 3.61. The van der Waals surface area contributed by atoms with Crippen molar-refractivity contribution >= 4 is 23.3 Å². The number of carbonyl (C=O) groups excluding carboxylic acids is 2. The van der Waals surface area contributed by atoms with Crippen LogP contribution in [0.5, 0.6) is 0 Å². The first-order chi connectivity index (χ1) is 12.4. The first-order valence-electron chi connectivity index (χ1n) is 8.00. The van der Waals surface area contributed by atoms with Gasteiger partial charge in [0.15, 0.2) is 5.82 Å². The molecule has 7 heteroatoms. The Labute approximate surface area is 150 Å². The molecule has 0 saturated carbocycles. The van der Waals surface area contributed by atoms with E-state index in [9.17, 15) is 9.59 Å². The molecular weight excluding hydrogens is 332 g/mol. The fourth-order valence-corrected chi connectivity index (χ4v) is 2.55. The molecule has 132 valence electrons. The van der Waals surface area contributed by atoms with Crippen LogP contribution in [-0.2, 0) is 0 Å². The van der Waals surface area contributed by atoms with Crippen molar-refractivity contribution in [3.8, 4) is 0 Å². The maximum absolute atomic E-state index is 12.5. The molecule has 26 heavy (non-hydrogen) atoms. The van der Waals surface area contributed by atoms with Crippen molar-refractivity contribution in [2.75, 3.05) is 10.6 Å². The van der Waals surface area contributed by atoms with Crippen molar-refractivity contribution in [2.45, 2.75) is 20.8 Å². The van der Waals surface area contributed by atoms with Crippen molar-refractivity contribution in [2.24, 2.45) is 0 Å². The average Bonchev–Trinajstić information content (AvgIpc) is 2.99. The van der Waals surface area contributed by atoms with Crippen LogP contribution in [-0.4, -0.2) is 22.0 Å². The molecule has 0 fully saturated rings. The molecule has 1 aromatic carbocycles. The summed E-state index contributed by atoms with van der Waals surface area (Å²) in [7, 11) is 0. The van der Waals surface area contributed by atoms with Crippen molar-refractivity contribution in [3.63, 3.8) is 0 Å². The van der Waals surface area contributed by atoms with E-state index >= 15 is 0 Å². The quantitative estimate of drug-likeness (QED) is 0.750. The molecule has 7 nitrogen and oxygen atoms in total. The maximum atomic E-state index is 12.5. The Hall–Kier alpha value is -3.48. The molecule has 2 amide bonds. The predicted molar refractivity (Wildman–Crippen MR) is 97.3 cm³/mol. The highest BCUT2D eigenvalue weighted by Gasteiger charge is 2.13. The summed E-state index contributed by atoms with van der Waals surface area (Å²) in [6, 6.07) is 8.85. The van der Waals surface area contributed by atoms with E-state index in [1.807, 2.05) is 32.0 Å². The summed E-state index contributed by atoms with van der Waals surface area (Å²) in [6.45, 7) is 5.64. The number of benzene rings is 1. The number of pyridine rings is 1. The number of nitrogens with one attached hydrogen (secondary N) is 2. The lowest BCUT2D eigenvalue weighted by atomic mass is 10.1. The Morgan fingerprint density at radius 1 is 0.846 bits per heavy atom. The van der Waals surface area contributed by atoms with Gasteiger partial charge in [0.1, 0.15) is 5.76 Å². The molecule has 0 spiro atoms. The first kappa shape index (κ1) is 17.3. The monoisotopic (exact) mass is 350 g/mol. The number of aromatic nitrogens is 2. The van der Waals surface area contributed by atoms with Gasteiger partial charge in [-0.2, -0.15) is 0 Å². The molecule has 3 aromatic rings. The predicted octanol–water partition coefficient (Wildman–Crippen LogP) is 3.50. The lowest BCUT2D eigenvalue weighted by molar-refractivity contribution is 0.102. The molecule has 0 bridgehead atoms. The number of amides is 2. The van der Waals surface area contributed by atoms with Gasteiger partial charge in [0.25, 0.3) is 11.8 Å². The molecule has 0 radical (unpaired) electrons. The van der Waals surface area contributed by atoms with E-state index in [1.54, 1.807) is 13.0 Å². The van der Waals surface area contributed by atoms with Gasteiger partial charge in [-0.05, 0) is 50.1 Å². The minimum atomic E-state index is -0.424. The number of anilines is 2. The Balaban J connectivity index is 1.75. The molecule has 0 saturated heterocycles. The number of hydrogen-bond donors (Lipinski definition) is 2. The normalized spacial score (nSPS) is 10.4. The minimum Gasteiger partial charge on any atom is -0.360 e. The zero-order chi connectivity index (χ0) is 18.7. The van der Waals surface area contributed by atoms with E-state index in [0.717, 1.165) is 11.1 Å². The van der Waals surface area contributed by atoms with Gasteiger partial charge in [0, 0.05) is 24.1 Å². The fraction of sp³-hybridized carbons (Fsp3) is 0.158. The molecular formula is C19H18N4O3. The highest BCUT2D eigenvalue weighted by atomic mass is 16.5. The zero-order valence-electron chi connectivity index (χ0n) is 14.7. The highest BCUT2D eigenvalue weighted by molar-refractivity contribution is 6.08. The molecule has 0 aliphatic rings. The van der Waals surface area contributed by atoms with Crippen LogP contribution in [0.1, 0.15) is 37.6 Å². The Bertz CT molecular complexity index is 958. The van der Waals surface area contributed by atoms with Gasteiger partial charge in [-0.25, -0.2) is 0 Å². The van der Waals surface area contributed by atoms with Crippen LogP contribution in [0.4, 0.5) is 11.5 Å². The van der Waals surface area contributed by atoms with Crippen LogP contribution in [0.15, 0.2) is 47.2 Å². The van der Waals surface area contributed by atoms with Gasteiger partial charge in [-0.3, -0.25) is 14.6 Å². The summed E-state index contributed by atoms with van der Waals surface area (Å²) in [5, 5.41) is 9.12. The number of nitrogens with zero attached hydrogens (tertiary/aromatic N) is 2. The summed E-state index contributed by atoms with van der Waals surface area (Å²) >= 11 is 0. The number of aryl methyl sites for hydroxylation is 3. The number of rotatable bonds is 4. The number of hydrogen-bond acceptors (Lipinski definition) is 5. The standard InChI is InChI=1S/C19H18N4O3/c1-11-4-12(2)6-16(5-11)21-18(24)14-8-15(10-20-9-14)19(25)22-17-7-13(3)26-23-17/h4-10H,1-3H3,(H,21,24)(H,22,23,25). The summed E-state index contributed by atoms with van der Waals surface area (Å²) < 4.78 is 4.90. The van der Waals surface area contributed by atoms with E-state index in [0.29, 0.717) is 17.3 Å². The van der Waals surface area contributed by atoms with Crippen molar-refractivity contribution in [3.05, 3.63) is 70.7 Å². The fourth-order valence-electron chi connectivity index (χ4n) is 2.55. The first-order valence-corrected chi connectivity index (χ1v) is 8.00. The van der Waals surface area contributed by atoms with Gasteiger partial charge in [-0.1, -0.05) is 11.2 Å². The van der Waals surface area contributed by atoms with Crippen molar-refractivity contribution in [1.29, 1.82) is 0 Å². The molecule has 2 aromatic heterocycles. The van der Waals surface area contributed by atoms with Crippen LogP contribution in [0, 0.1) is 20.8 Å². The summed E-state index contributed by atoms with van der Waals surface area (Å²) in [6.07, 6.45) is 2.80. The van der Waals surface area contributed by atoms with E-state index in [2.05, 4.69) is 20.8 Å². The van der Waals surface area contributed by atoms with Gasteiger partial charge in [0.05, 0.1) is 11.1 Å². The molecule has 0 aliphatic carbocycles. The van der Waals surface area contributed by atoms with Crippen LogP contribution < -0.4 is 10.6 Å². The lowest BCUT2D eigenvalue weighted by Gasteiger charge is -2.08. The second-order valence-corrected chi connectivity index (χ2v) is 6.07. The second kappa shape index (κ2) is 7.18. The Morgan fingerprint density at radius 3 is 2.04 bits per heavy atom. The average molecular weight is 350 g/mol. The second-order valence-electron chi connectivity index (χ2n) is 6.07. The Kier molecular flexibility index (Phi) is 4.79. The van der Waals surface area contributed by atoms with Gasteiger partial charge in [0.2, 0.25) is 0 Å². The molecule has 3 rings (SSSR count). The van der Waals surface area contributed by atoms with Crippen LogP contribution in [0.3, 0.4) is 0 Å². The molecule has 2 heterocycles. The van der Waals surface area contributed by atoms with Crippen LogP contribution >= 0.6 is 0 Å². The topological polar surface area (TPSA) is 97.1 Å². The summed E-state index contributed by atoms with van der Waals surface area (Å²) in [5.74, 6) is 0.124. The summed E-state index contributed by atoms with van der Waals surface area (Å²) in [5.41, 5.74) is 3.33. The van der Waals surface area contributed by atoms with Crippen LogP contribution in [0.2, 0.25) is 0 Å². The van der Waals surface area contributed by atoms with Gasteiger partial charge >= 0.3 is 0 Å². The maximum Gasteiger partial charge on any atom is 0.258 e. The van der Waals surface area contributed by atoms with E-state index in [-0.39, 0.29) is 17.0 Å². The smallest absolute Gasteiger partial charge is 0.258 e. The van der Waals surface area contributed by atoms with Gasteiger partial charge in [-0.15, -0.1) is 0 Å². The highest BCUT2D eigenvalue weighted by Crippen LogP contribution is 2.16. The zero-order valence-corrected chi connectivity index (χ0v) is 14.7. The SMILES string of the molecule is Cc1cc(C)cc(NC(=O)c2cncc(C(=O)Nc3cc(C)on3)c2)c1. The number of carbonyl (C=O) groups is 2. The Morgan fingerprint density at radius 2 is 1.46 bits per heavy atom. The molecule has 0 atom stereocenters. The van der Waals surface area contributed by atoms with E-state index in [1.165, 1.54) is 18.5 Å². The van der Waals surface area contributed by atoms with Gasteiger partial charge < -0.3 is 15.2 Å². The molecule has 0 aliphatic heterocycles. The van der Waals surface area contributed by atoms with E-state index in [4.69, 9.17) is 4.52 Å². The van der Waals surface area contributed by atoms with E-state index < -0.39 is 5.91 Å². The van der Waals surface area contributed by atoms with Crippen molar-refractivity contribution in [1.82, 2.24) is 10.1 Å². The largest absolute Gasteiger partial charge is 0.360 e. The van der Waals surface area contributed by atoms with Crippen LogP contribution in [0.25, 0.3) is 0 Å². The third-order valence-electron chi connectivity index (χ3n) is 3.61. The molecule has 2 N–H and O–H groups in total.